The van der Waals surface area contributed by atoms with E-state index < -0.39 is 0 Å². The van der Waals surface area contributed by atoms with E-state index in [9.17, 15) is 9.18 Å². The van der Waals surface area contributed by atoms with E-state index in [1.807, 2.05) is 0 Å². The Labute approximate surface area is 113 Å². The number of hydrogen-bond acceptors (Lipinski definition) is 2. The van der Waals surface area contributed by atoms with Crippen molar-refractivity contribution >= 4 is 11.6 Å². The van der Waals surface area contributed by atoms with Gasteiger partial charge in [0.05, 0.1) is 6.54 Å². The van der Waals surface area contributed by atoms with Crippen LogP contribution in [0, 0.1) is 5.82 Å². The molecule has 4 heteroatoms. The van der Waals surface area contributed by atoms with Gasteiger partial charge in [-0.15, -0.1) is 0 Å². The van der Waals surface area contributed by atoms with Crippen LogP contribution in [0.1, 0.15) is 39.0 Å². The SMILES string of the molecule is CC1(NCC(=O)Nc2cccc(F)c2)CCCCC1. The first kappa shape index (κ1) is 14.0. The number of benzene rings is 1. The number of hydrogen-bond donors (Lipinski definition) is 2. The van der Waals surface area contributed by atoms with Gasteiger partial charge in [0.1, 0.15) is 5.82 Å². The highest BCUT2D eigenvalue weighted by Gasteiger charge is 2.26. The lowest BCUT2D eigenvalue weighted by atomic mass is 9.83. The molecule has 0 saturated heterocycles. The van der Waals surface area contributed by atoms with Crippen molar-refractivity contribution in [2.24, 2.45) is 0 Å². The largest absolute Gasteiger partial charge is 0.325 e. The molecule has 0 unspecified atom stereocenters. The number of carbonyl (C=O) groups excluding carboxylic acids is 1. The molecule has 0 radical (unpaired) electrons. The van der Waals surface area contributed by atoms with Gasteiger partial charge in [0.2, 0.25) is 5.91 Å². The predicted molar refractivity (Wildman–Crippen MR) is 74.5 cm³/mol. The molecule has 0 aromatic heterocycles. The molecule has 0 heterocycles. The third kappa shape index (κ3) is 4.31. The molecule has 0 spiro atoms. The van der Waals surface area contributed by atoms with Crippen molar-refractivity contribution < 1.29 is 9.18 Å². The highest BCUT2D eigenvalue weighted by molar-refractivity contribution is 5.92. The van der Waals surface area contributed by atoms with E-state index in [1.165, 1.54) is 31.4 Å². The summed E-state index contributed by atoms with van der Waals surface area (Å²) >= 11 is 0. The Morgan fingerprint density at radius 3 is 2.74 bits per heavy atom. The van der Waals surface area contributed by atoms with Crippen LogP contribution in [-0.4, -0.2) is 18.0 Å². The first-order valence-electron chi connectivity index (χ1n) is 6.88. The molecule has 1 aliphatic carbocycles. The highest BCUT2D eigenvalue weighted by atomic mass is 19.1. The van der Waals surface area contributed by atoms with Crippen molar-refractivity contribution in [2.75, 3.05) is 11.9 Å². The van der Waals surface area contributed by atoms with Crippen molar-refractivity contribution in [3.05, 3.63) is 30.1 Å². The first-order valence-corrected chi connectivity index (χ1v) is 6.88. The molecule has 1 aromatic carbocycles. The van der Waals surface area contributed by atoms with Crippen molar-refractivity contribution in [2.45, 2.75) is 44.6 Å². The van der Waals surface area contributed by atoms with Crippen LogP contribution in [-0.2, 0) is 4.79 Å². The Balaban J connectivity index is 1.81. The number of carbonyl (C=O) groups is 1. The average molecular weight is 264 g/mol. The molecule has 1 aromatic rings. The molecule has 2 rings (SSSR count). The second-order valence-corrected chi connectivity index (χ2v) is 5.53. The summed E-state index contributed by atoms with van der Waals surface area (Å²) < 4.78 is 13.0. The van der Waals surface area contributed by atoms with Crippen LogP contribution in [0.2, 0.25) is 0 Å². The molecule has 0 atom stereocenters. The van der Waals surface area contributed by atoms with Gasteiger partial charge in [-0.25, -0.2) is 4.39 Å². The average Bonchev–Trinajstić information content (AvgIpc) is 2.38. The fourth-order valence-corrected chi connectivity index (χ4v) is 2.57. The zero-order valence-corrected chi connectivity index (χ0v) is 11.3. The maximum atomic E-state index is 13.0. The number of anilines is 1. The smallest absolute Gasteiger partial charge is 0.238 e. The Kier molecular flexibility index (Phi) is 4.53. The van der Waals surface area contributed by atoms with Crippen LogP contribution >= 0.6 is 0 Å². The summed E-state index contributed by atoms with van der Waals surface area (Å²) in [4.78, 5) is 11.8. The van der Waals surface area contributed by atoms with Gasteiger partial charge in [0.15, 0.2) is 0 Å². The van der Waals surface area contributed by atoms with E-state index in [0.29, 0.717) is 5.69 Å². The third-order valence-electron chi connectivity index (χ3n) is 3.74. The quantitative estimate of drug-likeness (QED) is 0.877. The van der Waals surface area contributed by atoms with Gasteiger partial charge in [0, 0.05) is 11.2 Å². The molecule has 1 aliphatic rings. The lowest BCUT2D eigenvalue weighted by Gasteiger charge is -2.34. The van der Waals surface area contributed by atoms with Gasteiger partial charge in [0.25, 0.3) is 0 Å². The molecular weight excluding hydrogens is 243 g/mol. The van der Waals surface area contributed by atoms with Crippen LogP contribution in [0.5, 0.6) is 0 Å². The molecule has 0 aliphatic heterocycles. The van der Waals surface area contributed by atoms with E-state index in [0.717, 1.165) is 12.8 Å². The molecule has 1 saturated carbocycles. The molecule has 0 bridgehead atoms. The minimum absolute atomic E-state index is 0.0670. The zero-order chi connectivity index (χ0) is 13.7. The van der Waals surface area contributed by atoms with Crippen molar-refractivity contribution in [3.8, 4) is 0 Å². The Hall–Kier alpha value is -1.42. The van der Waals surface area contributed by atoms with Gasteiger partial charge < -0.3 is 10.6 Å². The van der Waals surface area contributed by atoms with Crippen LogP contribution < -0.4 is 10.6 Å². The van der Waals surface area contributed by atoms with E-state index in [-0.39, 0.29) is 23.8 Å². The van der Waals surface area contributed by atoms with E-state index in [4.69, 9.17) is 0 Å². The molecule has 104 valence electrons. The van der Waals surface area contributed by atoms with Gasteiger partial charge >= 0.3 is 0 Å². The summed E-state index contributed by atoms with van der Waals surface area (Å²) in [5.74, 6) is -0.470. The molecule has 1 amide bonds. The lowest BCUT2D eigenvalue weighted by Crippen LogP contribution is -2.47. The summed E-state index contributed by atoms with van der Waals surface area (Å²) in [6.45, 7) is 2.44. The Bertz CT molecular complexity index is 442. The molecule has 3 nitrogen and oxygen atoms in total. The summed E-state index contributed by atoms with van der Waals surface area (Å²) in [6.07, 6.45) is 5.94. The monoisotopic (exact) mass is 264 g/mol. The molecule has 19 heavy (non-hydrogen) atoms. The fourth-order valence-electron chi connectivity index (χ4n) is 2.57. The predicted octanol–water partition coefficient (Wildman–Crippen LogP) is 3.08. The number of nitrogens with one attached hydrogen (secondary N) is 2. The van der Waals surface area contributed by atoms with E-state index in [2.05, 4.69) is 17.6 Å². The summed E-state index contributed by atoms with van der Waals surface area (Å²) in [5.41, 5.74) is 0.568. The maximum absolute atomic E-state index is 13.0. The molecular formula is C15H21FN2O. The molecule has 2 N–H and O–H groups in total. The Morgan fingerprint density at radius 2 is 2.05 bits per heavy atom. The van der Waals surface area contributed by atoms with Crippen LogP contribution in [0.4, 0.5) is 10.1 Å². The van der Waals surface area contributed by atoms with Crippen molar-refractivity contribution in [3.63, 3.8) is 0 Å². The van der Waals surface area contributed by atoms with E-state index >= 15 is 0 Å². The fraction of sp³-hybridized carbons (Fsp3) is 0.533. The van der Waals surface area contributed by atoms with Crippen LogP contribution in [0.25, 0.3) is 0 Å². The van der Waals surface area contributed by atoms with Crippen LogP contribution in [0.3, 0.4) is 0 Å². The van der Waals surface area contributed by atoms with Gasteiger partial charge in [-0.2, -0.15) is 0 Å². The minimum atomic E-state index is -0.343. The first-order chi connectivity index (χ1) is 9.07. The van der Waals surface area contributed by atoms with Crippen LogP contribution in [0.15, 0.2) is 24.3 Å². The van der Waals surface area contributed by atoms with Crippen molar-refractivity contribution in [1.29, 1.82) is 0 Å². The van der Waals surface area contributed by atoms with E-state index in [1.54, 1.807) is 12.1 Å². The Morgan fingerprint density at radius 1 is 1.32 bits per heavy atom. The third-order valence-corrected chi connectivity index (χ3v) is 3.74. The second-order valence-electron chi connectivity index (χ2n) is 5.53. The number of halogens is 1. The number of rotatable bonds is 4. The van der Waals surface area contributed by atoms with Crippen molar-refractivity contribution in [1.82, 2.24) is 5.32 Å². The highest BCUT2D eigenvalue weighted by Crippen LogP contribution is 2.27. The lowest BCUT2D eigenvalue weighted by molar-refractivity contribution is -0.115. The van der Waals surface area contributed by atoms with Gasteiger partial charge in [-0.05, 0) is 38.0 Å². The second kappa shape index (κ2) is 6.15. The van der Waals surface area contributed by atoms with Gasteiger partial charge in [-0.1, -0.05) is 25.3 Å². The summed E-state index contributed by atoms with van der Waals surface area (Å²) in [6, 6.07) is 5.95. The molecule has 1 fully saturated rings. The van der Waals surface area contributed by atoms with Gasteiger partial charge in [-0.3, -0.25) is 4.79 Å². The number of amides is 1. The zero-order valence-electron chi connectivity index (χ0n) is 11.3. The summed E-state index contributed by atoms with van der Waals surface area (Å²) in [5, 5.41) is 6.02. The standard InChI is InChI=1S/C15H21FN2O/c1-15(8-3-2-4-9-15)17-11-14(19)18-13-7-5-6-12(16)10-13/h5-7,10,17H,2-4,8-9,11H2,1H3,(H,18,19). The maximum Gasteiger partial charge on any atom is 0.238 e. The minimum Gasteiger partial charge on any atom is -0.325 e. The summed E-state index contributed by atoms with van der Waals surface area (Å²) in [7, 11) is 0. The normalized spacial score (nSPS) is 18.0. The topological polar surface area (TPSA) is 41.1 Å².